The molecule has 3 aromatic rings. The van der Waals surface area contributed by atoms with Gasteiger partial charge in [-0.2, -0.15) is 4.31 Å². The number of aryl methyl sites for hydroxylation is 1. The monoisotopic (exact) mass is 487 g/mol. The van der Waals surface area contributed by atoms with Crippen molar-refractivity contribution < 1.29 is 32.2 Å². The van der Waals surface area contributed by atoms with E-state index in [-0.39, 0.29) is 42.6 Å². The number of benzene rings is 2. The maximum absolute atomic E-state index is 13.3. The molecule has 34 heavy (non-hydrogen) atoms. The number of rotatable bonds is 7. The molecule has 1 N–H and O–H groups in total. The van der Waals surface area contributed by atoms with Gasteiger partial charge in [0.05, 0.1) is 25.0 Å². The molecule has 0 spiro atoms. The molecule has 0 amide bonds. The number of hydrogen-bond acceptors (Lipinski definition) is 8. The summed E-state index contributed by atoms with van der Waals surface area (Å²) in [5.74, 6) is 0.0774. The summed E-state index contributed by atoms with van der Waals surface area (Å²) in [5, 5.41) is 17.4. The van der Waals surface area contributed by atoms with E-state index in [1.165, 1.54) is 17.5 Å². The molecule has 0 radical (unpaired) electrons. The Morgan fingerprint density at radius 2 is 1.59 bits per heavy atom. The van der Waals surface area contributed by atoms with E-state index in [2.05, 4.69) is 10.2 Å². The van der Waals surface area contributed by atoms with E-state index in [1.54, 1.807) is 44.4 Å². The summed E-state index contributed by atoms with van der Waals surface area (Å²) in [4.78, 5) is 11.3. The second-order valence-corrected chi connectivity index (χ2v) is 9.89. The van der Waals surface area contributed by atoms with Gasteiger partial charge >= 0.3 is 5.97 Å². The zero-order valence-corrected chi connectivity index (χ0v) is 19.8. The van der Waals surface area contributed by atoms with E-state index in [1.807, 2.05) is 0 Å². The number of carboxylic acid groups (broad SMARTS) is 1. The van der Waals surface area contributed by atoms with Gasteiger partial charge in [-0.25, -0.2) is 8.42 Å². The third-order valence-corrected chi connectivity index (χ3v) is 7.95. The van der Waals surface area contributed by atoms with Gasteiger partial charge in [0.2, 0.25) is 21.8 Å². The lowest BCUT2D eigenvalue weighted by molar-refractivity contribution is -0.142. The van der Waals surface area contributed by atoms with Crippen molar-refractivity contribution in [2.75, 3.05) is 27.3 Å². The van der Waals surface area contributed by atoms with E-state index in [4.69, 9.17) is 13.9 Å². The predicted molar refractivity (Wildman–Crippen MR) is 122 cm³/mol. The summed E-state index contributed by atoms with van der Waals surface area (Å²) in [6, 6.07) is 10.1. The number of carboxylic acids is 1. The number of aliphatic carboxylic acids is 1. The highest BCUT2D eigenvalue weighted by Crippen LogP contribution is 2.34. The number of aromatic nitrogens is 2. The summed E-state index contributed by atoms with van der Waals surface area (Å²) >= 11 is 0. The number of nitrogens with zero attached hydrogens (tertiary/aromatic N) is 3. The molecule has 1 aliphatic heterocycles. The minimum Gasteiger partial charge on any atom is -0.493 e. The molecule has 1 saturated heterocycles. The zero-order chi connectivity index (χ0) is 24.5. The van der Waals surface area contributed by atoms with Crippen molar-refractivity contribution in [1.82, 2.24) is 14.5 Å². The quantitative estimate of drug-likeness (QED) is 0.533. The van der Waals surface area contributed by atoms with Crippen LogP contribution in [0.15, 0.2) is 45.7 Å². The van der Waals surface area contributed by atoms with Crippen LogP contribution in [0.4, 0.5) is 0 Å². The van der Waals surface area contributed by atoms with Crippen LogP contribution in [0.2, 0.25) is 0 Å². The second kappa shape index (κ2) is 9.43. The van der Waals surface area contributed by atoms with Crippen molar-refractivity contribution in [2.45, 2.75) is 24.7 Å². The highest BCUT2D eigenvalue weighted by atomic mass is 32.2. The molecule has 4 rings (SSSR count). The Balaban J connectivity index is 1.62. The molecule has 10 nitrogen and oxygen atoms in total. The largest absolute Gasteiger partial charge is 0.493 e. The molecule has 1 aromatic heterocycles. The van der Waals surface area contributed by atoms with Crippen LogP contribution in [0.3, 0.4) is 0 Å². The summed E-state index contributed by atoms with van der Waals surface area (Å²) in [5.41, 5.74) is 1.66. The van der Waals surface area contributed by atoms with Crippen molar-refractivity contribution in [3.63, 3.8) is 0 Å². The summed E-state index contributed by atoms with van der Waals surface area (Å²) in [6.45, 7) is 2.03. The van der Waals surface area contributed by atoms with Gasteiger partial charge in [-0.05, 0) is 55.7 Å². The zero-order valence-electron chi connectivity index (χ0n) is 19.0. The Morgan fingerprint density at radius 3 is 2.18 bits per heavy atom. The normalized spacial score (nSPS) is 15.3. The number of carbonyl (C=O) groups is 1. The fourth-order valence-corrected chi connectivity index (χ4v) is 5.64. The first-order valence-corrected chi connectivity index (χ1v) is 12.1. The van der Waals surface area contributed by atoms with Gasteiger partial charge < -0.3 is 19.0 Å². The molecule has 2 heterocycles. The SMILES string of the molecule is COc1ccc(-c2nnc(-c3ccc(C)c(S(=O)(=O)N4CCC(C(=O)O)CC4)c3)o2)cc1OC. The molecule has 0 bridgehead atoms. The average Bonchev–Trinajstić information content (AvgIpc) is 3.34. The number of methoxy groups -OCH3 is 2. The van der Waals surface area contributed by atoms with Gasteiger partial charge in [-0.1, -0.05) is 6.07 Å². The lowest BCUT2D eigenvalue weighted by Gasteiger charge is -2.29. The molecule has 180 valence electrons. The second-order valence-electron chi connectivity index (χ2n) is 7.98. The van der Waals surface area contributed by atoms with Crippen LogP contribution in [0.1, 0.15) is 18.4 Å². The van der Waals surface area contributed by atoms with Crippen molar-refractivity contribution in [1.29, 1.82) is 0 Å². The van der Waals surface area contributed by atoms with Crippen LogP contribution in [0.25, 0.3) is 22.9 Å². The van der Waals surface area contributed by atoms with Crippen molar-refractivity contribution in [3.8, 4) is 34.4 Å². The Hall–Kier alpha value is -3.44. The maximum atomic E-state index is 13.3. The Labute approximate surface area is 197 Å². The molecule has 0 unspecified atom stereocenters. The Bertz CT molecular complexity index is 1310. The van der Waals surface area contributed by atoms with E-state index in [0.717, 1.165) is 0 Å². The number of sulfonamides is 1. The highest BCUT2D eigenvalue weighted by Gasteiger charge is 2.33. The van der Waals surface area contributed by atoms with Crippen LogP contribution < -0.4 is 9.47 Å². The molecule has 2 aromatic carbocycles. The van der Waals surface area contributed by atoms with Gasteiger partial charge in [-0.3, -0.25) is 4.79 Å². The lowest BCUT2D eigenvalue weighted by atomic mass is 9.99. The number of hydrogen-bond donors (Lipinski definition) is 1. The lowest BCUT2D eigenvalue weighted by Crippen LogP contribution is -2.40. The predicted octanol–water partition coefficient (Wildman–Crippen LogP) is 3.21. The minimum absolute atomic E-state index is 0.129. The summed E-state index contributed by atoms with van der Waals surface area (Å²) in [6.07, 6.45) is 0.567. The molecule has 1 fully saturated rings. The standard InChI is InChI=1S/C23H25N3O7S/c1-14-4-5-17(13-20(14)34(29,30)26-10-8-15(9-11-26)23(27)28)22-25-24-21(33-22)16-6-7-18(31-2)19(12-16)32-3/h4-7,12-13,15H,8-11H2,1-3H3,(H,27,28). The van der Waals surface area contributed by atoms with Crippen molar-refractivity contribution in [2.24, 2.45) is 5.92 Å². The van der Waals surface area contributed by atoms with Gasteiger partial charge in [-0.15, -0.1) is 10.2 Å². The molecule has 0 atom stereocenters. The fourth-order valence-electron chi connectivity index (χ4n) is 3.92. The minimum atomic E-state index is -3.81. The maximum Gasteiger partial charge on any atom is 0.306 e. The molecular formula is C23H25N3O7S. The van der Waals surface area contributed by atoms with Crippen LogP contribution in [-0.4, -0.2) is 61.3 Å². The van der Waals surface area contributed by atoms with Gasteiger partial charge in [0.25, 0.3) is 0 Å². The van der Waals surface area contributed by atoms with Crippen LogP contribution >= 0.6 is 0 Å². The van der Waals surface area contributed by atoms with Gasteiger partial charge in [0.1, 0.15) is 0 Å². The van der Waals surface area contributed by atoms with E-state index < -0.39 is 21.9 Å². The average molecular weight is 488 g/mol. The number of piperidine rings is 1. The van der Waals surface area contributed by atoms with Crippen LogP contribution in [-0.2, 0) is 14.8 Å². The van der Waals surface area contributed by atoms with E-state index >= 15 is 0 Å². The summed E-state index contributed by atoms with van der Waals surface area (Å²) < 4.78 is 44.3. The molecule has 11 heteroatoms. The van der Waals surface area contributed by atoms with E-state index in [0.29, 0.717) is 28.2 Å². The first-order valence-electron chi connectivity index (χ1n) is 10.6. The molecule has 0 saturated carbocycles. The first kappa shape index (κ1) is 23.7. The molecular weight excluding hydrogens is 462 g/mol. The highest BCUT2D eigenvalue weighted by molar-refractivity contribution is 7.89. The van der Waals surface area contributed by atoms with Gasteiger partial charge in [0, 0.05) is 24.2 Å². The number of ether oxygens (including phenoxy) is 2. The molecule has 1 aliphatic rings. The van der Waals surface area contributed by atoms with Gasteiger partial charge in [0.15, 0.2) is 11.5 Å². The Morgan fingerprint density at radius 1 is 1.00 bits per heavy atom. The molecule has 0 aliphatic carbocycles. The van der Waals surface area contributed by atoms with E-state index in [9.17, 15) is 18.3 Å². The third kappa shape index (κ3) is 4.48. The topological polar surface area (TPSA) is 132 Å². The Kier molecular flexibility index (Phi) is 6.58. The fraction of sp³-hybridized carbons (Fsp3) is 0.348. The van der Waals surface area contributed by atoms with Crippen LogP contribution in [0, 0.1) is 12.8 Å². The first-order chi connectivity index (χ1) is 16.2. The van der Waals surface area contributed by atoms with Crippen molar-refractivity contribution in [3.05, 3.63) is 42.0 Å². The van der Waals surface area contributed by atoms with Crippen molar-refractivity contribution >= 4 is 16.0 Å². The van der Waals surface area contributed by atoms with Crippen LogP contribution in [0.5, 0.6) is 11.5 Å². The smallest absolute Gasteiger partial charge is 0.306 e. The third-order valence-electron chi connectivity index (χ3n) is 5.91. The summed E-state index contributed by atoms with van der Waals surface area (Å²) in [7, 11) is -0.746.